The molecule has 1 heterocycles. The van der Waals surface area contributed by atoms with E-state index in [1.165, 1.54) is 32.3 Å². The Kier molecular flexibility index (Phi) is 9.86. The van der Waals surface area contributed by atoms with Gasteiger partial charge in [0.15, 0.2) is 5.69 Å². The molecule has 0 amide bonds. The van der Waals surface area contributed by atoms with Crippen molar-refractivity contribution >= 4 is 90.6 Å². The van der Waals surface area contributed by atoms with Crippen LogP contribution >= 0.6 is 0 Å². The summed E-state index contributed by atoms with van der Waals surface area (Å²) in [5, 5.41) is 9.59. The SMILES string of the molecule is [C-]#[N+]c1ccc(N(c2c(F)cc(-c3ccccc3)cc2-c2ccccc2)c2cc3c4cccc5c4c(cc3c3ccccc23)-c2ccc(N(c3ccccc3)c3ccccc3)cc2[Si]5(C)C)cc1. The van der Waals surface area contributed by atoms with Crippen LogP contribution in [-0.2, 0) is 0 Å². The fourth-order valence-electron chi connectivity index (χ4n) is 10.7. The average molecular weight is 890 g/mol. The zero-order valence-corrected chi connectivity index (χ0v) is 38.7. The maximum Gasteiger partial charge on any atom is 0.187 e. The molecule has 0 fully saturated rings. The van der Waals surface area contributed by atoms with E-state index in [4.69, 9.17) is 6.57 Å². The lowest BCUT2D eigenvalue weighted by Gasteiger charge is -2.36. The third-order valence-electron chi connectivity index (χ3n) is 13.9. The number of nitrogens with zero attached hydrogens (tertiary/aromatic N) is 3. The van der Waals surface area contributed by atoms with Gasteiger partial charge in [0.05, 0.1) is 17.9 Å². The number of benzene rings is 11. The first-order valence-electron chi connectivity index (χ1n) is 23.1. The number of fused-ring (bicyclic) bond motifs is 6. The van der Waals surface area contributed by atoms with Crippen molar-refractivity contribution in [3.05, 3.63) is 248 Å². The molecule has 0 radical (unpaired) electrons. The monoisotopic (exact) mass is 889 g/mol. The lowest BCUT2D eigenvalue weighted by atomic mass is 9.89. The second-order valence-electron chi connectivity index (χ2n) is 18.1. The quantitative estimate of drug-likeness (QED) is 0.0855. The lowest BCUT2D eigenvalue weighted by Crippen LogP contribution is -2.56. The van der Waals surface area contributed by atoms with Crippen molar-refractivity contribution in [1.29, 1.82) is 0 Å². The minimum absolute atomic E-state index is 0.345. The normalized spacial score (nSPS) is 12.4. The van der Waals surface area contributed by atoms with Crippen molar-refractivity contribution in [3.63, 3.8) is 0 Å². The molecule has 0 N–H and O–H groups in total. The summed E-state index contributed by atoms with van der Waals surface area (Å²) in [6, 6.07) is 79.9. The van der Waals surface area contributed by atoms with E-state index in [1.54, 1.807) is 6.07 Å². The summed E-state index contributed by atoms with van der Waals surface area (Å²) in [6.45, 7) is 12.8. The third-order valence-corrected chi connectivity index (χ3v) is 17.4. The highest BCUT2D eigenvalue weighted by molar-refractivity contribution is 7.03. The Morgan fingerprint density at radius 2 is 0.956 bits per heavy atom. The molecule has 0 bridgehead atoms. The molecule has 68 heavy (non-hydrogen) atoms. The highest BCUT2D eigenvalue weighted by Crippen LogP contribution is 2.50. The summed E-state index contributed by atoms with van der Waals surface area (Å²) in [5.74, 6) is -0.345. The second-order valence-corrected chi connectivity index (χ2v) is 22.4. The van der Waals surface area contributed by atoms with Crippen LogP contribution < -0.4 is 20.2 Å². The molecule has 0 aromatic heterocycles. The molecule has 11 aromatic carbocycles. The maximum atomic E-state index is 17.8. The molecule has 322 valence electrons. The lowest BCUT2D eigenvalue weighted by molar-refractivity contribution is 0.630. The van der Waals surface area contributed by atoms with Gasteiger partial charge in [0.1, 0.15) is 13.9 Å². The summed E-state index contributed by atoms with van der Waals surface area (Å²) in [7, 11) is -2.33. The standard InChI is InChI=1S/C63H44FN3Si/c1-65-45-31-33-48(34-32-45)67(63-54(43-21-10-5-11-22-43)37-44(38-58(63)64)42-19-8-4-9-20-42)59-41-56-53-29-18-30-60-62(53)57(40-55(56)50-27-16-17-28-51(50)59)52-36-35-49(39-61(52)68(60,2)3)66(46-23-12-6-13-24-46)47-25-14-7-15-26-47/h4-41H,2-3H3. The highest BCUT2D eigenvalue weighted by Gasteiger charge is 2.37. The van der Waals surface area contributed by atoms with Gasteiger partial charge in [0.25, 0.3) is 0 Å². The van der Waals surface area contributed by atoms with E-state index in [2.05, 4.69) is 167 Å². The van der Waals surface area contributed by atoms with E-state index in [9.17, 15) is 0 Å². The molecule has 5 heteroatoms. The largest absolute Gasteiger partial charge is 0.311 e. The van der Waals surface area contributed by atoms with Crippen LogP contribution in [0.5, 0.6) is 0 Å². The Morgan fingerprint density at radius 3 is 1.62 bits per heavy atom. The Labute approximate surface area is 397 Å². The molecule has 0 aliphatic carbocycles. The van der Waals surface area contributed by atoms with Gasteiger partial charge in [0.2, 0.25) is 0 Å². The van der Waals surface area contributed by atoms with Gasteiger partial charge < -0.3 is 9.80 Å². The van der Waals surface area contributed by atoms with Crippen LogP contribution in [0.3, 0.4) is 0 Å². The summed E-state index contributed by atoms with van der Waals surface area (Å²) < 4.78 is 17.8. The topological polar surface area (TPSA) is 10.8 Å². The predicted octanol–water partition coefficient (Wildman–Crippen LogP) is 16.9. The fourth-order valence-corrected chi connectivity index (χ4v) is 13.8. The van der Waals surface area contributed by atoms with Gasteiger partial charge in [-0.15, -0.1) is 0 Å². The minimum Gasteiger partial charge on any atom is -0.311 e. The van der Waals surface area contributed by atoms with Crippen LogP contribution in [0.4, 0.5) is 44.2 Å². The summed E-state index contributed by atoms with van der Waals surface area (Å²) >= 11 is 0. The van der Waals surface area contributed by atoms with Crippen molar-refractivity contribution in [2.45, 2.75) is 13.1 Å². The molecule has 0 saturated carbocycles. The van der Waals surface area contributed by atoms with E-state index in [1.807, 2.05) is 84.9 Å². The molecular formula is C63H44FN3Si. The van der Waals surface area contributed by atoms with Crippen LogP contribution in [0.15, 0.2) is 231 Å². The Bertz CT molecular complexity index is 3730. The summed E-state index contributed by atoms with van der Waals surface area (Å²) in [5.41, 5.74) is 11.9. The molecule has 3 nitrogen and oxygen atoms in total. The molecule has 0 atom stereocenters. The van der Waals surface area contributed by atoms with Crippen molar-refractivity contribution in [3.8, 4) is 33.4 Å². The molecule has 0 spiro atoms. The van der Waals surface area contributed by atoms with Crippen LogP contribution in [-0.4, -0.2) is 8.07 Å². The average Bonchev–Trinajstić information content (AvgIpc) is 3.39. The number of hydrogen-bond donors (Lipinski definition) is 0. The zero-order valence-electron chi connectivity index (χ0n) is 37.7. The van der Waals surface area contributed by atoms with Gasteiger partial charge in [-0.2, -0.15) is 0 Å². The number of halogens is 1. The van der Waals surface area contributed by atoms with Gasteiger partial charge in [-0.3, -0.25) is 0 Å². The molecule has 12 rings (SSSR count). The van der Waals surface area contributed by atoms with Gasteiger partial charge in [-0.1, -0.05) is 171 Å². The van der Waals surface area contributed by atoms with Gasteiger partial charge in [0, 0.05) is 33.7 Å². The Morgan fingerprint density at radius 1 is 0.397 bits per heavy atom. The first kappa shape index (κ1) is 40.9. The van der Waals surface area contributed by atoms with Gasteiger partial charge in [-0.05, 0) is 138 Å². The molecule has 1 aliphatic heterocycles. The number of rotatable bonds is 8. The van der Waals surface area contributed by atoms with Gasteiger partial charge in [-0.25, -0.2) is 9.24 Å². The van der Waals surface area contributed by atoms with Crippen molar-refractivity contribution in [2.75, 3.05) is 9.80 Å². The van der Waals surface area contributed by atoms with E-state index in [0.717, 1.165) is 72.2 Å². The Balaban J connectivity index is 1.13. The van der Waals surface area contributed by atoms with Crippen LogP contribution in [0.1, 0.15) is 0 Å². The molecule has 11 aromatic rings. The summed E-state index contributed by atoms with van der Waals surface area (Å²) in [6.07, 6.45) is 0. The van der Waals surface area contributed by atoms with Crippen molar-refractivity contribution < 1.29 is 4.39 Å². The number of hydrogen-bond acceptors (Lipinski definition) is 2. The van der Waals surface area contributed by atoms with Crippen LogP contribution in [0.2, 0.25) is 13.1 Å². The van der Waals surface area contributed by atoms with E-state index in [-0.39, 0.29) is 5.82 Å². The third kappa shape index (κ3) is 6.68. The van der Waals surface area contributed by atoms with Crippen LogP contribution in [0, 0.1) is 12.4 Å². The molecular weight excluding hydrogens is 846 g/mol. The maximum absolute atomic E-state index is 17.8. The zero-order chi connectivity index (χ0) is 45.9. The Hall–Kier alpha value is -8.56. The van der Waals surface area contributed by atoms with E-state index in [0.29, 0.717) is 11.4 Å². The van der Waals surface area contributed by atoms with Crippen LogP contribution in [0.25, 0.3) is 70.5 Å². The highest BCUT2D eigenvalue weighted by atomic mass is 28.3. The van der Waals surface area contributed by atoms with Crippen molar-refractivity contribution in [2.24, 2.45) is 0 Å². The van der Waals surface area contributed by atoms with E-state index < -0.39 is 8.07 Å². The minimum atomic E-state index is -2.33. The van der Waals surface area contributed by atoms with E-state index >= 15 is 4.39 Å². The second kappa shape index (κ2) is 16.4. The van der Waals surface area contributed by atoms with Gasteiger partial charge >= 0.3 is 0 Å². The molecule has 0 saturated heterocycles. The molecule has 0 unspecified atom stereocenters. The summed E-state index contributed by atoms with van der Waals surface area (Å²) in [4.78, 5) is 8.17. The predicted molar refractivity (Wildman–Crippen MR) is 288 cm³/mol. The number of anilines is 6. The smallest absolute Gasteiger partial charge is 0.187 e. The number of para-hydroxylation sites is 2. The molecule has 1 aliphatic rings. The first-order valence-corrected chi connectivity index (χ1v) is 26.1. The van der Waals surface area contributed by atoms with Crippen molar-refractivity contribution in [1.82, 2.24) is 0 Å². The first-order chi connectivity index (χ1) is 33.4. The fraction of sp³-hybridized carbons (Fsp3) is 0.0317.